The zero-order valence-corrected chi connectivity index (χ0v) is 27.7. The van der Waals surface area contributed by atoms with E-state index >= 15 is 4.39 Å². The summed E-state index contributed by atoms with van der Waals surface area (Å²) >= 11 is 0. The Morgan fingerprint density at radius 1 is 1.02 bits per heavy atom. The Balaban J connectivity index is 1.53. The van der Waals surface area contributed by atoms with Crippen molar-refractivity contribution in [1.29, 1.82) is 0 Å². The molecule has 2 aliphatic rings. The summed E-state index contributed by atoms with van der Waals surface area (Å²) in [5.41, 5.74) is 0.862. The lowest BCUT2D eigenvalue weighted by Crippen LogP contribution is -2.60. The smallest absolute Gasteiger partial charge is 0.276 e. The van der Waals surface area contributed by atoms with Crippen LogP contribution in [0, 0.1) is 17.7 Å². The molecule has 0 radical (unpaired) electrons. The van der Waals surface area contributed by atoms with Gasteiger partial charge >= 0.3 is 0 Å². The van der Waals surface area contributed by atoms with Crippen molar-refractivity contribution < 1.29 is 28.2 Å². The van der Waals surface area contributed by atoms with Crippen molar-refractivity contribution in [1.82, 2.24) is 31.2 Å². The molecule has 1 aliphatic carbocycles. The molecule has 2 aromatic rings. The van der Waals surface area contributed by atoms with Crippen LogP contribution in [0.5, 0.6) is 0 Å². The van der Waals surface area contributed by atoms with Crippen LogP contribution >= 0.6 is 0 Å². The molecule has 1 saturated heterocycles. The highest BCUT2D eigenvalue weighted by Crippen LogP contribution is 2.32. The Bertz CT molecular complexity index is 1380. The lowest BCUT2D eigenvalue weighted by Gasteiger charge is -2.39. The molecule has 1 aliphatic heterocycles. The zero-order chi connectivity index (χ0) is 33.5. The van der Waals surface area contributed by atoms with Crippen LogP contribution in [0.4, 0.5) is 10.1 Å². The highest BCUT2D eigenvalue weighted by molar-refractivity contribution is 6.01. The van der Waals surface area contributed by atoms with E-state index in [0.717, 1.165) is 25.7 Å². The average Bonchev–Trinajstić information content (AvgIpc) is 3.52. The summed E-state index contributed by atoms with van der Waals surface area (Å²) in [6.07, 6.45) is 3.94. The van der Waals surface area contributed by atoms with Gasteiger partial charge in [0.2, 0.25) is 17.7 Å². The SMILES string of the molecule is CCC(=O)N[C@@H](C(=O)N1C[C@@H](C)N[C@H](C)C1)[C@@H](C)c1ccc(NC(=O)[C@@H](NC(=O)c2nonc2CC)[C@H]2CC[C@H](C)CC2)c(F)c1. The number of hydrogen-bond acceptors (Lipinski definition) is 8. The molecule has 5 atom stereocenters. The first kappa shape index (κ1) is 35.0. The van der Waals surface area contributed by atoms with Crippen molar-refractivity contribution in [2.45, 2.75) is 110 Å². The fourth-order valence-electron chi connectivity index (χ4n) is 6.54. The minimum atomic E-state index is -0.922. The lowest BCUT2D eigenvalue weighted by molar-refractivity contribution is -0.138. The summed E-state index contributed by atoms with van der Waals surface area (Å²) in [5.74, 6) is -2.46. The molecule has 2 heterocycles. The van der Waals surface area contributed by atoms with Gasteiger partial charge in [-0.3, -0.25) is 19.2 Å². The Hall–Kier alpha value is -3.87. The number of nitrogens with zero attached hydrogens (tertiary/aromatic N) is 3. The van der Waals surface area contributed by atoms with Gasteiger partial charge in [0, 0.05) is 37.5 Å². The molecular formula is C33H48FN7O5. The van der Waals surface area contributed by atoms with Crippen LogP contribution in [0.1, 0.15) is 101 Å². The van der Waals surface area contributed by atoms with Crippen molar-refractivity contribution in [3.05, 3.63) is 41.0 Å². The van der Waals surface area contributed by atoms with E-state index in [1.54, 1.807) is 24.8 Å². The van der Waals surface area contributed by atoms with Gasteiger partial charge < -0.3 is 26.2 Å². The molecular weight excluding hydrogens is 593 g/mol. The predicted molar refractivity (Wildman–Crippen MR) is 170 cm³/mol. The number of anilines is 1. The Kier molecular flexibility index (Phi) is 11.9. The molecule has 4 N–H and O–H groups in total. The Labute approximate surface area is 270 Å². The van der Waals surface area contributed by atoms with E-state index in [9.17, 15) is 19.2 Å². The van der Waals surface area contributed by atoms with E-state index in [0.29, 0.717) is 36.7 Å². The molecule has 1 aromatic carbocycles. The minimum Gasteiger partial charge on any atom is -0.344 e. The minimum absolute atomic E-state index is 0.0259. The molecule has 12 nitrogen and oxygen atoms in total. The number of nitrogens with one attached hydrogen (secondary N) is 4. The number of halogens is 1. The van der Waals surface area contributed by atoms with Crippen LogP contribution in [0.2, 0.25) is 0 Å². The quantitative estimate of drug-likeness (QED) is 0.290. The molecule has 2 fully saturated rings. The first-order valence-corrected chi connectivity index (χ1v) is 16.5. The lowest BCUT2D eigenvalue weighted by atomic mass is 9.79. The van der Waals surface area contributed by atoms with Gasteiger partial charge in [-0.15, -0.1) is 0 Å². The third-order valence-corrected chi connectivity index (χ3v) is 9.26. The number of aromatic nitrogens is 2. The molecule has 4 amide bonds. The number of hydrogen-bond donors (Lipinski definition) is 4. The number of carbonyl (C=O) groups excluding carboxylic acids is 4. The molecule has 1 aromatic heterocycles. The normalized spacial score (nSPS) is 23.6. The van der Waals surface area contributed by atoms with Crippen molar-refractivity contribution in [2.24, 2.45) is 11.8 Å². The molecule has 0 unspecified atom stereocenters. The number of amides is 4. The van der Waals surface area contributed by atoms with Gasteiger partial charge in [-0.25, -0.2) is 9.02 Å². The molecule has 1 saturated carbocycles. The number of benzene rings is 1. The third kappa shape index (κ3) is 8.48. The van der Waals surface area contributed by atoms with Crippen LogP contribution in [0.3, 0.4) is 0 Å². The van der Waals surface area contributed by atoms with Crippen molar-refractivity contribution in [3.63, 3.8) is 0 Å². The van der Waals surface area contributed by atoms with Crippen molar-refractivity contribution in [3.8, 4) is 0 Å². The van der Waals surface area contributed by atoms with Crippen LogP contribution in [-0.2, 0) is 20.8 Å². The van der Waals surface area contributed by atoms with E-state index in [1.807, 2.05) is 20.8 Å². The van der Waals surface area contributed by atoms with Crippen molar-refractivity contribution in [2.75, 3.05) is 18.4 Å². The molecule has 46 heavy (non-hydrogen) atoms. The summed E-state index contributed by atoms with van der Waals surface area (Å²) in [5, 5.41) is 19.2. The molecule has 0 spiro atoms. The number of piperazine rings is 1. The highest BCUT2D eigenvalue weighted by atomic mass is 19.1. The highest BCUT2D eigenvalue weighted by Gasteiger charge is 2.36. The van der Waals surface area contributed by atoms with Gasteiger partial charge in [0.25, 0.3) is 5.91 Å². The summed E-state index contributed by atoms with van der Waals surface area (Å²) < 4.78 is 20.4. The third-order valence-electron chi connectivity index (χ3n) is 9.26. The molecule has 0 bridgehead atoms. The summed E-state index contributed by atoms with van der Waals surface area (Å²) in [4.78, 5) is 54.7. The maximum absolute atomic E-state index is 15.6. The summed E-state index contributed by atoms with van der Waals surface area (Å²) in [6.45, 7) is 12.5. The summed E-state index contributed by atoms with van der Waals surface area (Å²) in [7, 11) is 0. The van der Waals surface area contributed by atoms with Crippen LogP contribution in [0.25, 0.3) is 0 Å². The fraction of sp³-hybridized carbons (Fsp3) is 0.636. The number of aryl methyl sites for hydroxylation is 1. The second-order valence-electron chi connectivity index (χ2n) is 13.0. The van der Waals surface area contributed by atoms with Crippen molar-refractivity contribution >= 4 is 29.3 Å². The maximum Gasteiger partial charge on any atom is 0.276 e. The molecule has 252 valence electrons. The van der Waals surface area contributed by atoms with E-state index in [1.165, 1.54) is 12.1 Å². The maximum atomic E-state index is 15.6. The predicted octanol–water partition coefficient (Wildman–Crippen LogP) is 3.54. The first-order chi connectivity index (χ1) is 21.9. The second-order valence-corrected chi connectivity index (χ2v) is 13.0. The van der Waals surface area contributed by atoms with E-state index in [4.69, 9.17) is 4.63 Å². The average molecular weight is 642 g/mol. The van der Waals surface area contributed by atoms with Crippen LogP contribution in [0.15, 0.2) is 22.8 Å². The largest absolute Gasteiger partial charge is 0.344 e. The molecule has 4 rings (SSSR count). The van der Waals surface area contributed by atoms with Gasteiger partial charge in [-0.2, -0.15) is 0 Å². The Morgan fingerprint density at radius 2 is 1.70 bits per heavy atom. The van der Waals surface area contributed by atoms with Gasteiger partial charge in [-0.05, 0) is 67.8 Å². The number of rotatable bonds is 11. The van der Waals surface area contributed by atoms with E-state index < -0.39 is 35.6 Å². The van der Waals surface area contributed by atoms with Gasteiger partial charge in [0.05, 0.1) is 5.69 Å². The van der Waals surface area contributed by atoms with Crippen LogP contribution in [-0.4, -0.2) is 76.1 Å². The molecule has 13 heteroatoms. The monoisotopic (exact) mass is 641 g/mol. The van der Waals surface area contributed by atoms with E-state index in [2.05, 4.69) is 38.5 Å². The topological polar surface area (TPSA) is 159 Å². The first-order valence-electron chi connectivity index (χ1n) is 16.5. The van der Waals surface area contributed by atoms with Gasteiger partial charge in [0.1, 0.15) is 23.6 Å². The van der Waals surface area contributed by atoms with Gasteiger partial charge in [0.15, 0.2) is 5.69 Å². The Morgan fingerprint density at radius 3 is 2.30 bits per heavy atom. The zero-order valence-electron chi connectivity index (χ0n) is 27.7. The second kappa shape index (κ2) is 15.6. The van der Waals surface area contributed by atoms with E-state index in [-0.39, 0.29) is 47.6 Å². The summed E-state index contributed by atoms with van der Waals surface area (Å²) in [6, 6.07) is 2.76. The van der Waals surface area contributed by atoms with Gasteiger partial charge in [-0.1, -0.05) is 51.8 Å². The number of carbonyl (C=O) groups is 4. The standard InChI is InChI=1S/C33H48FN7O5/c1-7-25-30(40-46-39-25)32(44)38-29(22-11-9-18(3)10-12-22)31(43)36-26-14-13-23(15-24(26)34)21(6)28(37-27(42)8-2)33(45)41-16-19(4)35-20(5)17-41/h13-15,18-22,28-29,35H,7-12,16-17H2,1-6H3,(H,36,43)(H,37,42)(H,38,44)/t18-,19-,20-,21+,22-,28-,29+/m1/s1. The van der Waals surface area contributed by atoms with Crippen LogP contribution < -0.4 is 21.3 Å². The fourth-order valence-corrected chi connectivity index (χ4v) is 6.54.